The summed E-state index contributed by atoms with van der Waals surface area (Å²) < 4.78 is 11.0. The summed E-state index contributed by atoms with van der Waals surface area (Å²) in [7, 11) is 0. The largest absolute Gasteiger partial charge is 0.486 e. The molecule has 1 saturated carbocycles. The maximum Gasteiger partial charge on any atom is 0.313 e. The zero-order valence-corrected chi connectivity index (χ0v) is 17.7. The Morgan fingerprint density at radius 3 is 2.53 bits per heavy atom. The maximum atomic E-state index is 12.5. The predicted molar refractivity (Wildman–Crippen MR) is 114 cm³/mol. The molecule has 0 spiro atoms. The first-order chi connectivity index (χ1) is 14.5. The van der Waals surface area contributed by atoms with Crippen molar-refractivity contribution in [1.82, 2.24) is 5.32 Å². The second-order valence-corrected chi connectivity index (χ2v) is 8.98. The standard InChI is InChI=1S/C22H26N2O5S/c1-14(25)18-6-7-19(30-18)22(8-2-3-9-22)13-23-20(26)21(27)24-15-4-5-16-17(12-15)29-11-10-28-16/h4-7,12,14,25H,2-3,8-11,13H2,1H3,(H,23,26)(H,24,27). The third-order valence-corrected chi connectivity index (χ3v) is 7.22. The van der Waals surface area contributed by atoms with Gasteiger partial charge in [-0.25, -0.2) is 0 Å². The van der Waals surface area contributed by atoms with E-state index in [9.17, 15) is 14.7 Å². The molecule has 0 radical (unpaired) electrons. The first-order valence-corrected chi connectivity index (χ1v) is 11.1. The minimum Gasteiger partial charge on any atom is -0.486 e. The number of aliphatic hydroxyl groups excluding tert-OH is 1. The van der Waals surface area contributed by atoms with E-state index in [4.69, 9.17) is 9.47 Å². The van der Waals surface area contributed by atoms with Crippen LogP contribution in [-0.4, -0.2) is 36.7 Å². The summed E-state index contributed by atoms with van der Waals surface area (Å²) in [5.41, 5.74) is 0.305. The van der Waals surface area contributed by atoms with E-state index < -0.39 is 17.9 Å². The fraction of sp³-hybridized carbons (Fsp3) is 0.455. The number of hydrogen-bond donors (Lipinski definition) is 3. The van der Waals surface area contributed by atoms with Gasteiger partial charge in [-0.3, -0.25) is 9.59 Å². The summed E-state index contributed by atoms with van der Waals surface area (Å²) in [6.07, 6.45) is 3.57. The normalized spacial score (nSPS) is 17.9. The van der Waals surface area contributed by atoms with Gasteiger partial charge in [-0.05, 0) is 44.0 Å². The first kappa shape index (κ1) is 20.7. The number of carbonyl (C=O) groups is 2. The highest BCUT2D eigenvalue weighted by Gasteiger charge is 2.38. The molecule has 3 N–H and O–H groups in total. The van der Waals surface area contributed by atoms with Crippen LogP contribution < -0.4 is 20.1 Å². The molecular weight excluding hydrogens is 404 g/mol. The highest BCUT2D eigenvalue weighted by molar-refractivity contribution is 7.12. The van der Waals surface area contributed by atoms with E-state index >= 15 is 0 Å². The van der Waals surface area contributed by atoms with Crippen molar-refractivity contribution in [1.29, 1.82) is 0 Å². The lowest BCUT2D eigenvalue weighted by Crippen LogP contribution is -2.43. The molecule has 1 fully saturated rings. The number of anilines is 1. The molecule has 1 aromatic heterocycles. The SMILES string of the molecule is CC(O)c1ccc(C2(CNC(=O)C(=O)Nc3ccc4c(c3)OCCO4)CCCC2)s1. The van der Waals surface area contributed by atoms with Crippen LogP contribution in [0.15, 0.2) is 30.3 Å². The Morgan fingerprint density at radius 2 is 1.83 bits per heavy atom. The van der Waals surface area contributed by atoms with Crippen LogP contribution in [0.2, 0.25) is 0 Å². The predicted octanol–water partition coefficient (Wildman–Crippen LogP) is 3.14. The molecule has 7 nitrogen and oxygen atoms in total. The minimum absolute atomic E-state index is 0.176. The lowest BCUT2D eigenvalue weighted by Gasteiger charge is -2.28. The lowest BCUT2D eigenvalue weighted by atomic mass is 9.84. The van der Waals surface area contributed by atoms with Crippen LogP contribution in [0.4, 0.5) is 5.69 Å². The number of aliphatic hydroxyl groups is 1. The minimum atomic E-state index is -0.712. The van der Waals surface area contributed by atoms with Gasteiger partial charge in [0.2, 0.25) is 0 Å². The molecule has 2 aliphatic rings. The van der Waals surface area contributed by atoms with Crippen LogP contribution in [0.1, 0.15) is 48.5 Å². The van der Waals surface area contributed by atoms with Crippen molar-refractivity contribution in [2.75, 3.05) is 25.1 Å². The van der Waals surface area contributed by atoms with Crippen molar-refractivity contribution in [3.8, 4) is 11.5 Å². The second kappa shape index (κ2) is 8.65. The number of thiophene rings is 1. The van der Waals surface area contributed by atoms with Crippen molar-refractivity contribution < 1.29 is 24.2 Å². The number of amides is 2. The fourth-order valence-corrected chi connectivity index (χ4v) is 5.25. The van der Waals surface area contributed by atoms with Gasteiger partial charge in [0.15, 0.2) is 11.5 Å². The van der Waals surface area contributed by atoms with Crippen LogP contribution in [-0.2, 0) is 15.0 Å². The molecule has 30 heavy (non-hydrogen) atoms. The Balaban J connectivity index is 1.39. The smallest absolute Gasteiger partial charge is 0.313 e. The van der Waals surface area contributed by atoms with Gasteiger partial charge in [0.05, 0.1) is 6.10 Å². The molecule has 1 aromatic carbocycles. The zero-order chi connectivity index (χ0) is 21.1. The van der Waals surface area contributed by atoms with Crippen LogP contribution in [0.25, 0.3) is 0 Å². The van der Waals surface area contributed by atoms with Crippen LogP contribution in [0.5, 0.6) is 11.5 Å². The summed E-state index contributed by atoms with van der Waals surface area (Å²) in [4.78, 5) is 26.9. The molecule has 2 heterocycles. The van der Waals surface area contributed by atoms with E-state index in [-0.39, 0.29) is 5.41 Å². The number of carbonyl (C=O) groups excluding carboxylic acids is 2. The van der Waals surface area contributed by atoms with Gasteiger partial charge >= 0.3 is 11.8 Å². The highest BCUT2D eigenvalue weighted by Crippen LogP contribution is 2.44. The summed E-state index contributed by atoms with van der Waals surface area (Å²) in [6, 6.07) is 9.04. The lowest BCUT2D eigenvalue weighted by molar-refractivity contribution is -0.136. The van der Waals surface area contributed by atoms with Crippen molar-refractivity contribution in [3.63, 3.8) is 0 Å². The third kappa shape index (κ3) is 4.29. The summed E-state index contributed by atoms with van der Waals surface area (Å²) >= 11 is 1.59. The zero-order valence-electron chi connectivity index (χ0n) is 16.9. The summed E-state index contributed by atoms with van der Waals surface area (Å²) in [5, 5.41) is 15.3. The highest BCUT2D eigenvalue weighted by atomic mass is 32.1. The molecular formula is C22H26N2O5S. The number of rotatable bonds is 5. The molecule has 1 aliphatic carbocycles. The molecule has 0 saturated heterocycles. The Kier molecular flexibility index (Phi) is 5.97. The van der Waals surface area contributed by atoms with E-state index in [1.54, 1.807) is 36.5 Å². The van der Waals surface area contributed by atoms with Gasteiger partial charge in [-0.15, -0.1) is 11.3 Å². The van der Waals surface area contributed by atoms with Crippen molar-refractivity contribution in [2.24, 2.45) is 0 Å². The van der Waals surface area contributed by atoms with Gasteiger partial charge in [0, 0.05) is 33.5 Å². The molecule has 1 unspecified atom stereocenters. The maximum absolute atomic E-state index is 12.5. The van der Waals surface area contributed by atoms with Gasteiger partial charge in [0.25, 0.3) is 0 Å². The van der Waals surface area contributed by atoms with E-state index in [0.29, 0.717) is 36.9 Å². The molecule has 0 bridgehead atoms. The van der Waals surface area contributed by atoms with E-state index in [2.05, 4.69) is 10.6 Å². The van der Waals surface area contributed by atoms with Crippen LogP contribution >= 0.6 is 11.3 Å². The molecule has 1 atom stereocenters. The summed E-state index contributed by atoms with van der Waals surface area (Å²) in [5.74, 6) is -0.200. The number of ether oxygens (including phenoxy) is 2. The Hall–Kier alpha value is -2.58. The topological polar surface area (TPSA) is 96.9 Å². The Morgan fingerprint density at radius 1 is 1.10 bits per heavy atom. The first-order valence-electron chi connectivity index (χ1n) is 10.2. The van der Waals surface area contributed by atoms with Gasteiger partial charge in [0.1, 0.15) is 13.2 Å². The van der Waals surface area contributed by atoms with Crippen molar-refractivity contribution in [2.45, 2.75) is 44.1 Å². The van der Waals surface area contributed by atoms with E-state index in [1.807, 2.05) is 12.1 Å². The third-order valence-electron chi connectivity index (χ3n) is 5.72. The Labute approximate surface area is 179 Å². The molecule has 1 aliphatic heterocycles. The number of hydrogen-bond acceptors (Lipinski definition) is 6. The monoisotopic (exact) mass is 430 g/mol. The second-order valence-electron chi connectivity index (χ2n) is 7.86. The fourth-order valence-electron chi connectivity index (χ4n) is 4.06. The van der Waals surface area contributed by atoms with Crippen LogP contribution in [0.3, 0.4) is 0 Å². The van der Waals surface area contributed by atoms with Gasteiger partial charge in [-0.1, -0.05) is 12.8 Å². The van der Waals surface area contributed by atoms with E-state index in [0.717, 1.165) is 35.4 Å². The van der Waals surface area contributed by atoms with Crippen molar-refractivity contribution >= 4 is 28.8 Å². The van der Waals surface area contributed by atoms with Gasteiger partial charge in [-0.2, -0.15) is 0 Å². The number of nitrogens with one attached hydrogen (secondary N) is 2. The summed E-state index contributed by atoms with van der Waals surface area (Å²) in [6.45, 7) is 3.10. The molecule has 2 aromatic rings. The van der Waals surface area contributed by atoms with Crippen molar-refractivity contribution in [3.05, 3.63) is 40.1 Å². The van der Waals surface area contributed by atoms with E-state index in [1.165, 1.54) is 0 Å². The average molecular weight is 431 g/mol. The number of benzene rings is 1. The quantitative estimate of drug-likeness (QED) is 0.633. The molecule has 4 rings (SSSR count). The molecule has 8 heteroatoms. The van der Waals surface area contributed by atoms with Crippen LogP contribution in [0, 0.1) is 0 Å². The number of fused-ring (bicyclic) bond motifs is 1. The molecule has 160 valence electrons. The van der Waals surface area contributed by atoms with Gasteiger partial charge < -0.3 is 25.2 Å². The average Bonchev–Trinajstić information content (AvgIpc) is 3.42. The Bertz CT molecular complexity index is 933. The molecule has 2 amide bonds.